The molecule has 1 heterocycles. The first-order valence-electron chi connectivity index (χ1n) is 5.00. The van der Waals surface area contributed by atoms with E-state index in [1.165, 1.54) is 11.3 Å². The van der Waals surface area contributed by atoms with Gasteiger partial charge in [-0.05, 0) is 18.6 Å². The SMILES string of the molecule is Cc1c(Cl)cc(NCc2cnc(Cl)s2)c(O)c1Cl. The number of aromatic nitrogens is 1. The van der Waals surface area contributed by atoms with Crippen LogP contribution in [0.5, 0.6) is 5.75 Å². The predicted octanol–water partition coefficient (Wildman–Crippen LogP) is 4.73. The maximum Gasteiger partial charge on any atom is 0.183 e. The summed E-state index contributed by atoms with van der Waals surface area (Å²) in [6, 6.07) is 1.64. The Morgan fingerprint density at radius 2 is 2.11 bits per heavy atom. The molecule has 0 amide bonds. The van der Waals surface area contributed by atoms with Crippen LogP contribution in [0.15, 0.2) is 12.3 Å². The average molecular weight is 324 g/mol. The van der Waals surface area contributed by atoms with E-state index in [1.807, 2.05) is 0 Å². The van der Waals surface area contributed by atoms with Crippen molar-refractivity contribution in [3.8, 4) is 5.75 Å². The highest BCUT2D eigenvalue weighted by molar-refractivity contribution is 7.15. The lowest BCUT2D eigenvalue weighted by molar-refractivity contribution is 0.477. The number of benzene rings is 1. The van der Waals surface area contributed by atoms with E-state index in [1.54, 1.807) is 19.2 Å². The summed E-state index contributed by atoms with van der Waals surface area (Å²) >= 11 is 19.1. The minimum Gasteiger partial charge on any atom is -0.504 e. The van der Waals surface area contributed by atoms with Gasteiger partial charge in [0, 0.05) is 16.1 Å². The molecule has 0 bridgehead atoms. The maximum absolute atomic E-state index is 9.89. The molecular weight excluding hydrogens is 315 g/mol. The first-order chi connectivity index (χ1) is 8.49. The second-order valence-electron chi connectivity index (χ2n) is 3.63. The van der Waals surface area contributed by atoms with E-state index in [9.17, 15) is 5.11 Å². The molecule has 0 radical (unpaired) electrons. The third-order valence-electron chi connectivity index (χ3n) is 2.40. The lowest BCUT2D eigenvalue weighted by Gasteiger charge is -2.11. The molecule has 0 spiro atoms. The van der Waals surface area contributed by atoms with E-state index in [4.69, 9.17) is 34.8 Å². The smallest absolute Gasteiger partial charge is 0.183 e. The summed E-state index contributed by atoms with van der Waals surface area (Å²) in [5, 5.41) is 13.7. The Morgan fingerprint density at radius 1 is 1.39 bits per heavy atom. The third kappa shape index (κ3) is 2.83. The Hall–Kier alpha value is -0.680. The second kappa shape index (κ2) is 5.53. The average Bonchev–Trinajstić information content (AvgIpc) is 2.75. The zero-order chi connectivity index (χ0) is 13.3. The summed E-state index contributed by atoms with van der Waals surface area (Å²) in [7, 11) is 0. The van der Waals surface area contributed by atoms with Crippen molar-refractivity contribution in [2.75, 3.05) is 5.32 Å². The normalized spacial score (nSPS) is 10.7. The van der Waals surface area contributed by atoms with Gasteiger partial charge in [0.1, 0.15) is 0 Å². The van der Waals surface area contributed by atoms with E-state index in [-0.39, 0.29) is 10.8 Å². The maximum atomic E-state index is 9.89. The molecule has 96 valence electrons. The molecule has 2 N–H and O–H groups in total. The highest BCUT2D eigenvalue weighted by Crippen LogP contribution is 2.39. The molecule has 0 aliphatic rings. The van der Waals surface area contributed by atoms with Gasteiger partial charge in [-0.3, -0.25) is 0 Å². The van der Waals surface area contributed by atoms with E-state index in [0.717, 1.165) is 4.88 Å². The molecule has 0 saturated heterocycles. The van der Waals surface area contributed by atoms with Gasteiger partial charge in [-0.2, -0.15) is 0 Å². The van der Waals surface area contributed by atoms with Gasteiger partial charge in [0.25, 0.3) is 0 Å². The van der Waals surface area contributed by atoms with Crippen LogP contribution in [0.4, 0.5) is 5.69 Å². The van der Waals surface area contributed by atoms with Crippen LogP contribution in [0.3, 0.4) is 0 Å². The van der Waals surface area contributed by atoms with Gasteiger partial charge in [0.05, 0.1) is 17.3 Å². The largest absolute Gasteiger partial charge is 0.504 e. The molecule has 18 heavy (non-hydrogen) atoms. The summed E-state index contributed by atoms with van der Waals surface area (Å²) in [5.74, 6) is -0.00539. The number of phenols is 1. The van der Waals surface area contributed by atoms with Gasteiger partial charge in [-0.1, -0.05) is 34.8 Å². The summed E-state index contributed by atoms with van der Waals surface area (Å²) in [4.78, 5) is 4.88. The molecule has 1 aromatic carbocycles. The Bertz CT molecular complexity index is 586. The van der Waals surface area contributed by atoms with Crippen molar-refractivity contribution in [3.63, 3.8) is 0 Å². The van der Waals surface area contributed by atoms with Crippen LogP contribution in [0.1, 0.15) is 10.4 Å². The fraction of sp³-hybridized carbons (Fsp3) is 0.182. The van der Waals surface area contributed by atoms with Crippen LogP contribution < -0.4 is 5.32 Å². The Morgan fingerprint density at radius 3 is 2.72 bits per heavy atom. The van der Waals surface area contributed by atoms with Gasteiger partial charge in [-0.15, -0.1) is 11.3 Å². The van der Waals surface area contributed by atoms with Gasteiger partial charge in [0.15, 0.2) is 10.2 Å². The molecule has 0 unspecified atom stereocenters. The first-order valence-corrected chi connectivity index (χ1v) is 6.95. The van der Waals surface area contributed by atoms with Crippen LogP contribution in [-0.4, -0.2) is 10.1 Å². The molecule has 0 aliphatic carbocycles. The number of nitrogens with one attached hydrogen (secondary N) is 1. The number of phenolic OH excluding ortho intramolecular Hbond substituents is 1. The highest BCUT2D eigenvalue weighted by Gasteiger charge is 2.12. The molecule has 0 aliphatic heterocycles. The fourth-order valence-electron chi connectivity index (χ4n) is 1.39. The van der Waals surface area contributed by atoms with Gasteiger partial charge in [-0.25, -0.2) is 4.98 Å². The third-order valence-corrected chi connectivity index (χ3v) is 4.37. The van der Waals surface area contributed by atoms with Crippen LogP contribution in [0.2, 0.25) is 14.5 Å². The minimum atomic E-state index is -0.00539. The van der Waals surface area contributed by atoms with Crippen molar-refractivity contribution >= 4 is 51.8 Å². The lowest BCUT2D eigenvalue weighted by Crippen LogP contribution is -1.98. The monoisotopic (exact) mass is 322 g/mol. The minimum absolute atomic E-state index is 0.00539. The topological polar surface area (TPSA) is 45.2 Å². The van der Waals surface area contributed by atoms with Gasteiger partial charge < -0.3 is 10.4 Å². The second-order valence-corrected chi connectivity index (χ2v) is 6.11. The molecule has 2 rings (SSSR count). The molecule has 2 aromatic rings. The quantitative estimate of drug-likeness (QED) is 0.803. The van der Waals surface area contributed by atoms with Crippen LogP contribution in [0.25, 0.3) is 0 Å². The number of thiazole rings is 1. The summed E-state index contributed by atoms with van der Waals surface area (Å²) in [6.07, 6.45) is 1.68. The predicted molar refractivity (Wildman–Crippen MR) is 77.3 cm³/mol. The summed E-state index contributed by atoms with van der Waals surface area (Å²) in [6.45, 7) is 2.24. The Labute approximate surface area is 123 Å². The number of anilines is 1. The zero-order valence-electron chi connectivity index (χ0n) is 9.30. The van der Waals surface area contributed by atoms with Crippen LogP contribution >= 0.6 is 46.1 Å². The summed E-state index contributed by atoms with van der Waals surface area (Å²) in [5.41, 5.74) is 1.14. The van der Waals surface area contributed by atoms with E-state index < -0.39 is 0 Å². The van der Waals surface area contributed by atoms with Crippen LogP contribution in [0, 0.1) is 6.92 Å². The number of aromatic hydroxyl groups is 1. The number of rotatable bonds is 3. The molecule has 0 saturated carbocycles. The van der Waals surface area contributed by atoms with Crippen molar-refractivity contribution < 1.29 is 5.11 Å². The number of hydrogen-bond acceptors (Lipinski definition) is 4. The van der Waals surface area contributed by atoms with Gasteiger partial charge in [0.2, 0.25) is 0 Å². The molecule has 0 fully saturated rings. The van der Waals surface area contributed by atoms with E-state index in [0.29, 0.717) is 27.3 Å². The van der Waals surface area contributed by atoms with Crippen molar-refractivity contribution in [2.24, 2.45) is 0 Å². The number of nitrogens with zero attached hydrogens (tertiary/aromatic N) is 1. The summed E-state index contributed by atoms with van der Waals surface area (Å²) < 4.78 is 0.482. The van der Waals surface area contributed by atoms with Crippen molar-refractivity contribution in [2.45, 2.75) is 13.5 Å². The van der Waals surface area contributed by atoms with Crippen LogP contribution in [-0.2, 0) is 6.54 Å². The molecule has 0 atom stereocenters. The number of hydrogen-bond donors (Lipinski definition) is 2. The lowest BCUT2D eigenvalue weighted by atomic mass is 10.2. The molecule has 3 nitrogen and oxygen atoms in total. The van der Waals surface area contributed by atoms with Crippen molar-refractivity contribution in [3.05, 3.63) is 37.2 Å². The molecular formula is C11H9Cl3N2OS. The highest BCUT2D eigenvalue weighted by atomic mass is 35.5. The van der Waals surface area contributed by atoms with E-state index >= 15 is 0 Å². The zero-order valence-corrected chi connectivity index (χ0v) is 12.4. The fourth-order valence-corrected chi connectivity index (χ4v) is 2.76. The first kappa shape index (κ1) is 13.7. The van der Waals surface area contributed by atoms with Gasteiger partial charge >= 0.3 is 0 Å². The van der Waals surface area contributed by atoms with Crippen molar-refractivity contribution in [1.82, 2.24) is 4.98 Å². The number of halogens is 3. The Kier molecular flexibility index (Phi) is 4.22. The van der Waals surface area contributed by atoms with E-state index in [2.05, 4.69) is 10.3 Å². The Balaban J connectivity index is 2.19. The standard InChI is InChI=1S/C11H9Cl3N2OS/c1-5-7(12)2-8(10(17)9(5)13)15-3-6-4-16-11(14)18-6/h2,4,15,17H,3H2,1H3. The molecule has 1 aromatic heterocycles. The van der Waals surface area contributed by atoms with Crippen molar-refractivity contribution in [1.29, 1.82) is 0 Å². The molecule has 7 heteroatoms.